The molecular weight excluding hydrogens is 148 g/mol. The summed E-state index contributed by atoms with van der Waals surface area (Å²) in [6.07, 6.45) is 7.02. The summed E-state index contributed by atoms with van der Waals surface area (Å²) in [6.45, 7) is 10.1. The van der Waals surface area contributed by atoms with E-state index in [0.717, 1.165) is 12.4 Å². The van der Waals surface area contributed by atoms with E-state index in [1.807, 2.05) is 24.1 Å². The van der Waals surface area contributed by atoms with E-state index in [4.69, 9.17) is 0 Å². The van der Waals surface area contributed by atoms with Crippen molar-refractivity contribution in [1.82, 2.24) is 4.90 Å². The molecule has 0 saturated heterocycles. The van der Waals surface area contributed by atoms with Crippen LogP contribution >= 0.6 is 0 Å². The Morgan fingerprint density at radius 3 is 2.58 bits per heavy atom. The average Bonchev–Trinajstić information content (AvgIpc) is 2.11. The van der Waals surface area contributed by atoms with Crippen LogP contribution in [0.5, 0.6) is 0 Å². The fourth-order valence-corrected chi connectivity index (χ4v) is 0.678. The molecule has 0 aliphatic heterocycles. The van der Waals surface area contributed by atoms with Crippen LogP contribution in [0.2, 0.25) is 0 Å². The predicted octanol–water partition coefficient (Wildman–Crippen LogP) is 2.22. The van der Waals surface area contributed by atoms with Crippen LogP contribution < -0.4 is 0 Å². The first-order valence-corrected chi connectivity index (χ1v) is 3.95. The number of allylic oxidation sites excluding steroid dienone is 2. The van der Waals surface area contributed by atoms with E-state index >= 15 is 0 Å². The highest BCUT2D eigenvalue weighted by molar-refractivity contribution is 5.93. The predicted molar refractivity (Wildman–Crippen MR) is 55.3 cm³/mol. The Balaban J connectivity index is 4.42. The van der Waals surface area contributed by atoms with E-state index in [9.17, 15) is 0 Å². The van der Waals surface area contributed by atoms with Gasteiger partial charge in [-0.1, -0.05) is 25.3 Å². The molecule has 0 aliphatic rings. The second-order valence-electron chi connectivity index (χ2n) is 2.28. The standard InChI is InChI=1S/C10H16N2/c1-5-8-9-10(11-6-2)12(4)7-3/h5-6,8-9H,1-2,7H2,3-4H3/b9-8-,11-10?. The van der Waals surface area contributed by atoms with E-state index in [-0.39, 0.29) is 0 Å². The summed E-state index contributed by atoms with van der Waals surface area (Å²) in [5, 5.41) is 0. The lowest BCUT2D eigenvalue weighted by atomic mass is 10.4. The van der Waals surface area contributed by atoms with Crippen molar-refractivity contribution in [2.24, 2.45) is 4.99 Å². The van der Waals surface area contributed by atoms with E-state index in [2.05, 4.69) is 25.1 Å². The first-order chi connectivity index (χ1) is 5.76. The number of nitrogens with zero attached hydrogens (tertiary/aromatic N) is 2. The topological polar surface area (TPSA) is 15.6 Å². The largest absolute Gasteiger partial charge is 0.360 e. The lowest BCUT2D eigenvalue weighted by molar-refractivity contribution is 0.538. The second kappa shape index (κ2) is 6.40. The van der Waals surface area contributed by atoms with Crippen LogP contribution in [0.1, 0.15) is 6.92 Å². The highest BCUT2D eigenvalue weighted by atomic mass is 15.1. The molecule has 0 spiro atoms. The van der Waals surface area contributed by atoms with Crippen molar-refractivity contribution in [3.05, 3.63) is 37.6 Å². The van der Waals surface area contributed by atoms with Crippen molar-refractivity contribution in [2.75, 3.05) is 13.6 Å². The summed E-state index contributed by atoms with van der Waals surface area (Å²) in [5.41, 5.74) is 0. The number of aliphatic imine (C=N–C) groups is 1. The van der Waals surface area contributed by atoms with Crippen LogP contribution in [0.3, 0.4) is 0 Å². The molecule has 0 N–H and O–H groups in total. The van der Waals surface area contributed by atoms with Crippen LogP contribution in [0.25, 0.3) is 0 Å². The molecule has 2 heteroatoms. The maximum Gasteiger partial charge on any atom is 0.128 e. The fourth-order valence-electron chi connectivity index (χ4n) is 0.678. The number of rotatable bonds is 4. The van der Waals surface area contributed by atoms with Gasteiger partial charge >= 0.3 is 0 Å². The molecule has 0 aromatic carbocycles. The minimum atomic E-state index is 0.896. The van der Waals surface area contributed by atoms with Crippen molar-refractivity contribution in [2.45, 2.75) is 6.92 Å². The molecule has 0 rings (SSSR count). The van der Waals surface area contributed by atoms with Gasteiger partial charge in [0.1, 0.15) is 5.84 Å². The summed E-state index contributed by atoms with van der Waals surface area (Å²) in [4.78, 5) is 6.13. The van der Waals surface area contributed by atoms with Gasteiger partial charge in [0.25, 0.3) is 0 Å². The fraction of sp³-hybridized carbons (Fsp3) is 0.300. The van der Waals surface area contributed by atoms with Crippen molar-refractivity contribution < 1.29 is 0 Å². The third-order valence-electron chi connectivity index (χ3n) is 1.47. The quantitative estimate of drug-likeness (QED) is 0.353. The molecule has 0 fully saturated rings. The van der Waals surface area contributed by atoms with E-state index in [1.165, 1.54) is 6.20 Å². The SMILES string of the molecule is C=C/C=C\C(=NC=C)N(C)CC. The molecule has 2 nitrogen and oxygen atoms in total. The van der Waals surface area contributed by atoms with Gasteiger partial charge in [0.2, 0.25) is 0 Å². The molecule has 66 valence electrons. The van der Waals surface area contributed by atoms with Gasteiger partial charge in [-0.3, -0.25) is 0 Å². The van der Waals surface area contributed by atoms with Crippen molar-refractivity contribution in [1.29, 1.82) is 0 Å². The zero-order valence-electron chi connectivity index (χ0n) is 7.83. The first-order valence-electron chi connectivity index (χ1n) is 3.95. The minimum absolute atomic E-state index is 0.896. The molecule has 0 aliphatic carbocycles. The maximum absolute atomic E-state index is 4.10. The number of amidine groups is 1. The molecule has 12 heavy (non-hydrogen) atoms. The lowest BCUT2D eigenvalue weighted by Gasteiger charge is -2.15. The number of hydrogen-bond acceptors (Lipinski definition) is 1. The molecule has 0 bridgehead atoms. The van der Waals surface area contributed by atoms with Crippen LogP contribution in [-0.2, 0) is 0 Å². The highest BCUT2D eigenvalue weighted by Crippen LogP contribution is 1.91. The van der Waals surface area contributed by atoms with Gasteiger partial charge < -0.3 is 4.90 Å². The summed E-state index contributed by atoms with van der Waals surface area (Å²) >= 11 is 0. The van der Waals surface area contributed by atoms with E-state index < -0.39 is 0 Å². The Morgan fingerprint density at radius 2 is 2.17 bits per heavy atom. The zero-order chi connectivity index (χ0) is 9.40. The minimum Gasteiger partial charge on any atom is -0.360 e. The number of hydrogen-bond donors (Lipinski definition) is 0. The summed E-state index contributed by atoms with van der Waals surface area (Å²) in [6, 6.07) is 0. The molecule has 0 aromatic heterocycles. The Kier molecular flexibility index (Phi) is 5.70. The van der Waals surface area contributed by atoms with Crippen molar-refractivity contribution >= 4 is 5.84 Å². The molecular formula is C10H16N2. The van der Waals surface area contributed by atoms with Crippen molar-refractivity contribution in [3.8, 4) is 0 Å². The Labute approximate surface area is 74.6 Å². The smallest absolute Gasteiger partial charge is 0.128 e. The lowest BCUT2D eigenvalue weighted by Crippen LogP contribution is -2.24. The highest BCUT2D eigenvalue weighted by Gasteiger charge is 1.96. The molecule has 0 radical (unpaired) electrons. The molecule has 0 saturated carbocycles. The molecule has 0 unspecified atom stereocenters. The monoisotopic (exact) mass is 164 g/mol. The normalized spacial score (nSPS) is 11.7. The molecule has 0 aromatic rings. The van der Waals surface area contributed by atoms with E-state index in [0.29, 0.717) is 0 Å². The van der Waals surface area contributed by atoms with Crippen LogP contribution in [0.15, 0.2) is 42.6 Å². The Morgan fingerprint density at radius 1 is 1.50 bits per heavy atom. The first kappa shape index (κ1) is 10.7. The molecule has 0 amide bonds. The summed E-state index contributed by atoms with van der Waals surface area (Å²) < 4.78 is 0. The Bertz CT molecular complexity index is 202. The average molecular weight is 164 g/mol. The van der Waals surface area contributed by atoms with Gasteiger partial charge in [0.15, 0.2) is 0 Å². The van der Waals surface area contributed by atoms with Crippen molar-refractivity contribution in [3.63, 3.8) is 0 Å². The zero-order valence-corrected chi connectivity index (χ0v) is 7.83. The molecule has 0 atom stereocenters. The summed E-state index contributed by atoms with van der Waals surface area (Å²) in [7, 11) is 1.98. The number of likely N-dealkylation sites (N-methyl/N-ethyl adjacent to an activating group) is 1. The second-order valence-corrected chi connectivity index (χ2v) is 2.28. The van der Waals surface area contributed by atoms with Gasteiger partial charge in [-0.05, 0) is 13.0 Å². The third kappa shape index (κ3) is 3.76. The van der Waals surface area contributed by atoms with Gasteiger partial charge in [0.05, 0.1) is 0 Å². The van der Waals surface area contributed by atoms with Gasteiger partial charge in [-0.2, -0.15) is 0 Å². The van der Waals surface area contributed by atoms with Gasteiger partial charge in [0, 0.05) is 19.8 Å². The third-order valence-corrected chi connectivity index (χ3v) is 1.47. The Hall–Kier alpha value is -1.31. The van der Waals surface area contributed by atoms with Gasteiger partial charge in [-0.25, -0.2) is 4.99 Å². The van der Waals surface area contributed by atoms with Crippen LogP contribution in [-0.4, -0.2) is 24.3 Å². The van der Waals surface area contributed by atoms with Crippen LogP contribution in [0.4, 0.5) is 0 Å². The van der Waals surface area contributed by atoms with E-state index in [1.54, 1.807) is 6.08 Å². The maximum atomic E-state index is 4.10. The van der Waals surface area contributed by atoms with Crippen LogP contribution in [0, 0.1) is 0 Å². The summed E-state index contributed by atoms with van der Waals surface area (Å²) in [5.74, 6) is 0.896. The van der Waals surface area contributed by atoms with Gasteiger partial charge in [-0.15, -0.1) is 0 Å². The molecule has 0 heterocycles.